The fraction of sp³-hybridized carbons (Fsp3) is 0.750. The van der Waals surface area contributed by atoms with Gasteiger partial charge in [0.25, 0.3) is 0 Å². The lowest BCUT2D eigenvalue weighted by Gasteiger charge is -2.26. The van der Waals surface area contributed by atoms with Crippen LogP contribution in [0.2, 0.25) is 0 Å². The zero-order valence-corrected chi connectivity index (χ0v) is 10.1. The Morgan fingerprint density at radius 2 is 2.38 bits per heavy atom. The zero-order chi connectivity index (χ0) is 11.5. The van der Waals surface area contributed by atoms with E-state index in [0.29, 0.717) is 6.04 Å². The molecule has 0 saturated heterocycles. The van der Waals surface area contributed by atoms with Crippen LogP contribution in [0.4, 0.5) is 0 Å². The summed E-state index contributed by atoms with van der Waals surface area (Å²) in [4.78, 5) is 0. The van der Waals surface area contributed by atoms with Gasteiger partial charge in [-0.25, -0.2) is 0 Å². The lowest BCUT2D eigenvalue weighted by Crippen LogP contribution is -2.35. The van der Waals surface area contributed by atoms with E-state index < -0.39 is 0 Å². The van der Waals surface area contributed by atoms with Crippen molar-refractivity contribution in [2.45, 2.75) is 51.3 Å². The van der Waals surface area contributed by atoms with E-state index in [9.17, 15) is 5.11 Å². The van der Waals surface area contributed by atoms with Gasteiger partial charge in [0.15, 0.2) is 0 Å². The topological polar surface area (TPSA) is 50.1 Å². The highest BCUT2D eigenvalue weighted by molar-refractivity contribution is 5.15. The fourth-order valence-electron chi connectivity index (χ4n) is 2.32. The monoisotopic (exact) mass is 223 g/mol. The Morgan fingerprint density at radius 3 is 3.00 bits per heavy atom. The Kier molecular flexibility index (Phi) is 3.61. The van der Waals surface area contributed by atoms with E-state index in [-0.39, 0.29) is 6.10 Å². The number of nitrogens with one attached hydrogen (secondary N) is 1. The normalized spacial score (nSPS) is 25.9. The molecule has 0 radical (unpaired) electrons. The molecule has 0 amide bonds. The minimum Gasteiger partial charge on any atom is -0.393 e. The number of aryl methyl sites for hydroxylation is 1. The molecule has 1 heterocycles. The van der Waals surface area contributed by atoms with Crippen molar-refractivity contribution in [2.75, 3.05) is 0 Å². The summed E-state index contributed by atoms with van der Waals surface area (Å²) >= 11 is 0. The fourth-order valence-corrected chi connectivity index (χ4v) is 2.32. The SMILES string of the molecule is Cc1c(CNC2CCCC(O)C2)cnn1C. The van der Waals surface area contributed by atoms with Gasteiger partial charge < -0.3 is 10.4 Å². The largest absolute Gasteiger partial charge is 0.393 e. The first-order valence-corrected chi connectivity index (χ1v) is 6.05. The van der Waals surface area contributed by atoms with Gasteiger partial charge in [-0.15, -0.1) is 0 Å². The van der Waals surface area contributed by atoms with Gasteiger partial charge >= 0.3 is 0 Å². The third kappa shape index (κ3) is 2.62. The van der Waals surface area contributed by atoms with E-state index in [4.69, 9.17) is 0 Å². The first-order chi connectivity index (χ1) is 7.66. The molecule has 0 spiro atoms. The second-order valence-corrected chi connectivity index (χ2v) is 4.78. The molecule has 0 aliphatic heterocycles. The van der Waals surface area contributed by atoms with E-state index in [0.717, 1.165) is 25.8 Å². The van der Waals surface area contributed by atoms with Crippen molar-refractivity contribution < 1.29 is 5.11 Å². The van der Waals surface area contributed by atoms with Crippen LogP contribution in [0.15, 0.2) is 6.20 Å². The molecule has 2 rings (SSSR count). The van der Waals surface area contributed by atoms with Crippen LogP contribution in [-0.4, -0.2) is 27.0 Å². The molecule has 2 atom stereocenters. The maximum absolute atomic E-state index is 9.58. The Hall–Kier alpha value is -0.870. The summed E-state index contributed by atoms with van der Waals surface area (Å²) in [7, 11) is 1.96. The standard InChI is InChI=1S/C12H21N3O/c1-9-10(8-14-15(9)2)7-13-11-4-3-5-12(16)6-11/h8,11-13,16H,3-7H2,1-2H3. The van der Waals surface area contributed by atoms with Crippen LogP contribution in [-0.2, 0) is 13.6 Å². The summed E-state index contributed by atoms with van der Waals surface area (Å²) < 4.78 is 1.90. The number of hydrogen-bond acceptors (Lipinski definition) is 3. The smallest absolute Gasteiger partial charge is 0.0555 e. The van der Waals surface area contributed by atoms with E-state index in [1.807, 2.05) is 17.9 Å². The molecule has 4 heteroatoms. The molecular weight excluding hydrogens is 202 g/mol. The summed E-state index contributed by atoms with van der Waals surface area (Å²) in [6.07, 6.45) is 5.97. The van der Waals surface area contributed by atoms with Crippen LogP contribution < -0.4 is 5.32 Å². The van der Waals surface area contributed by atoms with E-state index in [1.54, 1.807) is 0 Å². The van der Waals surface area contributed by atoms with Crippen molar-refractivity contribution in [1.29, 1.82) is 0 Å². The first-order valence-electron chi connectivity index (χ1n) is 6.05. The average molecular weight is 223 g/mol. The Bertz CT molecular complexity index is 348. The van der Waals surface area contributed by atoms with Crippen molar-refractivity contribution in [3.8, 4) is 0 Å². The maximum atomic E-state index is 9.58. The van der Waals surface area contributed by atoms with Gasteiger partial charge in [0, 0.05) is 30.9 Å². The van der Waals surface area contributed by atoms with Gasteiger partial charge in [-0.3, -0.25) is 4.68 Å². The molecule has 16 heavy (non-hydrogen) atoms. The molecule has 0 bridgehead atoms. The van der Waals surface area contributed by atoms with E-state index >= 15 is 0 Å². The van der Waals surface area contributed by atoms with Crippen molar-refractivity contribution in [2.24, 2.45) is 7.05 Å². The molecule has 1 aliphatic carbocycles. The van der Waals surface area contributed by atoms with E-state index in [1.165, 1.54) is 17.7 Å². The van der Waals surface area contributed by atoms with Gasteiger partial charge in [0.2, 0.25) is 0 Å². The number of aromatic nitrogens is 2. The summed E-state index contributed by atoms with van der Waals surface area (Å²) in [6, 6.07) is 0.461. The second-order valence-electron chi connectivity index (χ2n) is 4.78. The van der Waals surface area contributed by atoms with Gasteiger partial charge in [-0.1, -0.05) is 0 Å². The average Bonchev–Trinajstić information content (AvgIpc) is 2.57. The van der Waals surface area contributed by atoms with Gasteiger partial charge in [-0.05, 0) is 32.6 Å². The number of nitrogens with zero attached hydrogens (tertiary/aromatic N) is 2. The summed E-state index contributed by atoms with van der Waals surface area (Å²) in [5.74, 6) is 0. The predicted molar refractivity (Wildman–Crippen MR) is 63.0 cm³/mol. The summed E-state index contributed by atoms with van der Waals surface area (Å²) in [6.45, 7) is 2.94. The van der Waals surface area contributed by atoms with Crippen LogP contribution in [0.5, 0.6) is 0 Å². The maximum Gasteiger partial charge on any atom is 0.0555 e. The van der Waals surface area contributed by atoms with Gasteiger partial charge in [-0.2, -0.15) is 5.10 Å². The highest BCUT2D eigenvalue weighted by Crippen LogP contribution is 2.18. The number of rotatable bonds is 3. The molecular formula is C12H21N3O. The molecule has 2 unspecified atom stereocenters. The summed E-state index contributed by atoms with van der Waals surface area (Å²) in [5, 5.41) is 17.3. The van der Waals surface area contributed by atoms with Crippen LogP contribution in [0, 0.1) is 6.92 Å². The third-order valence-electron chi connectivity index (χ3n) is 3.56. The molecule has 0 aromatic carbocycles. The molecule has 1 aromatic heterocycles. The Morgan fingerprint density at radius 1 is 1.56 bits per heavy atom. The molecule has 1 aromatic rings. The highest BCUT2D eigenvalue weighted by atomic mass is 16.3. The van der Waals surface area contributed by atoms with Gasteiger partial charge in [0.1, 0.15) is 0 Å². The summed E-state index contributed by atoms with van der Waals surface area (Å²) in [5.41, 5.74) is 2.46. The van der Waals surface area contributed by atoms with Crippen molar-refractivity contribution in [3.05, 3.63) is 17.5 Å². The zero-order valence-electron chi connectivity index (χ0n) is 10.1. The van der Waals surface area contributed by atoms with Crippen molar-refractivity contribution in [3.63, 3.8) is 0 Å². The predicted octanol–water partition coefficient (Wildman–Crippen LogP) is 1.12. The Balaban J connectivity index is 1.85. The molecule has 90 valence electrons. The molecule has 1 fully saturated rings. The van der Waals surface area contributed by atoms with Crippen LogP contribution in [0.3, 0.4) is 0 Å². The molecule has 2 N–H and O–H groups in total. The van der Waals surface area contributed by atoms with Crippen molar-refractivity contribution >= 4 is 0 Å². The molecule has 1 aliphatic rings. The van der Waals surface area contributed by atoms with Crippen LogP contribution in [0.1, 0.15) is 36.9 Å². The number of aliphatic hydroxyl groups is 1. The van der Waals surface area contributed by atoms with Crippen LogP contribution >= 0.6 is 0 Å². The number of aliphatic hydroxyl groups excluding tert-OH is 1. The second kappa shape index (κ2) is 4.97. The minimum atomic E-state index is -0.110. The third-order valence-corrected chi connectivity index (χ3v) is 3.56. The Labute approximate surface area is 96.7 Å². The molecule has 1 saturated carbocycles. The van der Waals surface area contributed by atoms with Crippen LogP contribution in [0.25, 0.3) is 0 Å². The first kappa shape index (κ1) is 11.6. The van der Waals surface area contributed by atoms with Crippen molar-refractivity contribution in [1.82, 2.24) is 15.1 Å². The molecule has 4 nitrogen and oxygen atoms in total. The van der Waals surface area contributed by atoms with E-state index in [2.05, 4.69) is 17.3 Å². The number of hydrogen-bond donors (Lipinski definition) is 2. The lowest BCUT2D eigenvalue weighted by molar-refractivity contribution is 0.111. The lowest BCUT2D eigenvalue weighted by atomic mass is 9.93. The van der Waals surface area contributed by atoms with Gasteiger partial charge in [0.05, 0.1) is 12.3 Å². The highest BCUT2D eigenvalue weighted by Gasteiger charge is 2.19. The quantitative estimate of drug-likeness (QED) is 0.807. The minimum absolute atomic E-state index is 0.110.